The number of aliphatic hydroxyl groups is 1. The van der Waals surface area contributed by atoms with Crippen molar-refractivity contribution in [1.82, 2.24) is 49.5 Å². The van der Waals surface area contributed by atoms with Gasteiger partial charge in [-0.15, -0.1) is 10.2 Å². The Morgan fingerprint density at radius 2 is 1.20 bits per heavy atom. The predicted octanol–water partition coefficient (Wildman–Crippen LogP) is 10.7. The normalized spacial score (nSPS) is 15.2. The fraction of sp³-hybridized carbons (Fsp3) is 0.500. The number of benzene rings is 2. The van der Waals surface area contributed by atoms with Crippen molar-refractivity contribution in [3.8, 4) is 11.4 Å². The van der Waals surface area contributed by atoms with E-state index in [1.165, 1.54) is 65.4 Å². The van der Waals surface area contributed by atoms with Crippen LogP contribution in [0, 0.1) is 23.5 Å². The number of ketones is 1. The molecular formula is C46H60Cl2F2N10O4Si2. The third-order valence-corrected chi connectivity index (χ3v) is 22.4. The molecular weight excluding hydrogens is 922 g/mol. The molecule has 0 bridgehead atoms. The second kappa shape index (κ2) is 19.3. The van der Waals surface area contributed by atoms with Crippen molar-refractivity contribution in [3.63, 3.8) is 0 Å². The van der Waals surface area contributed by atoms with Gasteiger partial charge in [-0.1, -0.05) is 75.2 Å². The zero-order valence-electron chi connectivity index (χ0n) is 39.3. The molecule has 2 fully saturated rings. The van der Waals surface area contributed by atoms with E-state index in [1.54, 1.807) is 40.0 Å². The molecule has 8 rings (SSSR count). The maximum absolute atomic E-state index is 14.2. The van der Waals surface area contributed by atoms with Crippen LogP contribution >= 0.6 is 23.2 Å². The van der Waals surface area contributed by atoms with Gasteiger partial charge >= 0.3 is 0 Å². The molecule has 0 amide bonds. The molecule has 2 saturated carbocycles. The first-order valence-electron chi connectivity index (χ1n) is 22.3. The van der Waals surface area contributed by atoms with Gasteiger partial charge in [0.15, 0.2) is 32.6 Å². The quantitative estimate of drug-likeness (QED) is 0.0732. The van der Waals surface area contributed by atoms with Gasteiger partial charge in [0, 0.05) is 36.3 Å². The van der Waals surface area contributed by atoms with E-state index in [-0.39, 0.29) is 62.4 Å². The minimum absolute atomic E-state index is 0.00289. The van der Waals surface area contributed by atoms with Crippen molar-refractivity contribution in [2.45, 2.75) is 136 Å². The summed E-state index contributed by atoms with van der Waals surface area (Å²) in [6.45, 7) is 23.5. The van der Waals surface area contributed by atoms with Crippen LogP contribution in [0.4, 0.5) is 8.78 Å². The van der Waals surface area contributed by atoms with E-state index >= 15 is 0 Å². The van der Waals surface area contributed by atoms with Gasteiger partial charge in [0.25, 0.3) is 0 Å². The summed E-state index contributed by atoms with van der Waals surface area (Å²) in [7, 11) is -4.15. The van der Waals surface area contributed by atoms with E-state index in [1.807, 2.05) is 0 Å². The average Bonchev–Trinajstić information content (AvgIpc) is 4.00. The zero-order valence-corrected chi connectivity index (χ0v) is 42.8. The van der Waals surface area contributed by atoms with E-state index in [9.17, 15) is 18.7 Å². The lowest BCUT2D eigenvalue weighted by molar-refractivity contribution is 0.102. The summed E-state index contributed by atoms with van der Waals surface area (Å²) in [5, 5.41) is 36.6. The van der Waals surface area contributed by atoms with Gasteiger partial charge in [0.05, 0.1) is 42.7 Å². The SMILES string of the molecule is CC(C)(C)[Si](C)(C)OCc1cc(F)ccc1-n1nc(Cl)cc1C(=O)c1cn(CC2CC2)nn1.CC(C)(C)[Si](C)(C)OCc1cc(F)ccc1-n1nc(Cl)cc1C(O)c1cn(CC2CC2)nn1. The molecule has 2 aromatic carbocycles. The summed E-state index contributed by atoms with van der Waals surface area (Å²) in [5.74, 6) is 0.145. The van der Waals surface area contributed by atoms with Crippen LogP contribution in [0.25, 0.3) is 11.4 Å². The van der Waals surface area contributed by atoms with Crippen molar-refractivity contribution in [1.29, 1.82) is 0 Å². The van der Waals surface area contributed by atoms with Crippen LogP contribution in [0.5, 0.6) is 0 Å². The van der Waals surface area contributed by atoms with Gasteiger partial charge in [-0.05, 0) is 110 Å². The fourth-order valence-corrected chi connectivity index (χ4v) is 8.85. The third kappa shape index (κ3) is 11.8. The van der Waals surface area contributed by atoms with Crippen LogP contribution in [0.2, 0.25) is 46.6 Å². The molecule has 2 aliphatic carbocycles. The average molecular weight is 982 g/mol. The smallest absolute Gasteiger partial charge is 0.233 e. The molecule has 1 unspecified atom stereocenters. The topological polar surface area (TPSA) is 153 Å². The minimum Gasteiger partial charge on any atom is -0.412 e. The Balaban J connectivity index is 0.000000196. The number of aromatic nitrogens is 10. The molecule has 2 aliphatic rings. The Morgan fingerprint density at radius 1 is 0.727 bits per heavy atom. The van der Waals surface area contributed by atoms with Gasteiger partial charge in [-0.3, -0.25) is 14.2 Å². The van der Waals surface area contributed by atoms with Gasteiger partial charge < -0.3 is 14.0 Å². The number of hydrogen-bond donors (Lipinski definition) is 1. The highest BCUT2D eigenvalue weighted by Gasteiger charge is 2.39. The highest BCUT2D eigenvalue weighted by Crippen LogP contribution is 2.39. The number of aliphatic hydroxyl groups excluding tert-OH is 1. The molecule has 0 saturated heterocycles. The maximum atomic E-state index is 14.2. The molecule has 4 heterocycles. The van der Waals surface area contributed by atoms with E-state index < -0.39 is 22.7 Å². The van der Waals surface area contributed by atoms with Gasteiger partial charge in [0.2, 0.25) is 5.78 Å². The first-order chi connectivity index (χ1) is 30.9. The van der Waals surface area contributed by atoms with E-state index in [4.69, 9.17) is 32.1 Å². The summed E-state index contributed by atoms with van der Waals surface area (Å²) >= 11 is 12.4. The lowest BCUT2D eigenvalue weighted by atomic mass is 10.1. The zero-order chi connectivity index (χ0) is 47.9. The molecule has 1 atom stereocenters. The summed E-state index contributed by atoms with van der Waals surface area (Å²) in [6.07, 6.45) is 7.07. The number of carbonyl (C=O) groups is 1. The highest BCUT2D eigenvalue weighted by atomic mass is 35.5. The second-order valence-electron chi connectivity index (χ2n) is 20.5. The molecule has 354 valence electrons. The standard InChI is InChI=1S/C23H31ClFN5O2Si.C23H29ClFN5O2Si/c2*1-23(2,3)33(4,5)32-14-16-10-17(25)8-9-19(16)30-20(11-21(24)27-30)22(31)18-13-29(28-26-18)12-15-6-7-15/h8-11,13,15,22,31H,6-7,12,14H2,1-5H3;8-11,13,15H,6-7,12,14H2,1-5H3. The minimum atomic E-state index is -2.08. The monoisotopic (exact) mass is 980 g/mol. The van der Waals surface area contributed by atoms with Crippen molar-refractivity contribution >= 4 is 45.6 Å². The second-order valence-corrected chi connectivity index (χ2v) is 30.9. The number of hydrogen-bond acceptors (Lipinski definition) is 10. The van der Waals surface area contributed by atoms with Crippen molar-refractivity contribution in [3.05, 3.63) is 117 Å². The number of rotatable bonds is 16. The van der Waals surface area contributed by atoms with Crippen LogP contribution in [0.1, 0.15) is 112 Å². The van der Waals surface area contributed by atoms with Crippen LogP contribution in [0.15, 0.2) is 60.9 Å². The molecule has 20 heteroatoms. The lowest BCUT2D eigenvalue weighted by Gasteiger charge is -2.36. The first-order valence-corrected chi connectivity index (χ1v) is 28.9. The van der Waals surface area contributed by atoms with Crippen LogP contribution in [-0.4, -0.2) is 77.1 Å². The van der Waals surface area contributed by atoms with E-state index in [0.717, 1.165) is 13.1 Å². The molecule has 0 radical (unpaired) electrons. The number of carbonyl (C=O) groups excluding carboxylic acids is 1. The Morgan fingerprint density at radius 3 is 1.71 bits per heavy atom. The summed E-state index contributed by atoms with van der Waals surface area (Å²) < 4.78 is 47.5. The molecule has 1 N–H and O–H groups in total. The van der Waals surface area contributed by atoms with Crippen molar-refractivity contribution in [2.75, 3.05) is 0 Å². The third-order valence-electron chi connectivity index (χ3n) is 13.1. The molecule has 14 nitrogen and oxygen atoms in total. The largest absolute Gasteiger partial charge is 0.412 e. The molecule has 66 heavy (non-hydrogen) atoms. The van der Waals surface area contributed by atoms with Crippen LogP contribution in [0.3, 0.4) is 0 Å². The van der Waals surface area contributed by atoms with Crippen LogP contribution < -0.4 is 0 Å². The van der Waals surface area contributed by atoms with Gasteiger partial charge in [0.1, 0.15) is 29.1 Å². The molecule has 6 aromatic rings. The first kappa shape index (κ1) is 49.5. The Bertz CT molecular complexity index is 2680. The van der Waals surface area contributed by atoms with Gasteiger partial charge in [-0.25, -0.2) is 18.1 Å². The Kier molecular flexibility index (Phi) is 14.5. The molecule has 4 aromatic heterocycles. The summed E-state index contributed by atoms with van der Waals surface area (Å²) in [6, 6.07) is 11.9. The maximum Gasteiger partial charge on any atom is 0.233 e. The lowest BCUT2D eigenvalue weighted by Crippen LogP contribution is -2.40. The highest BCUT2D eigenvalue weighted by molar-refractivity contribution is 6.74. The number of halogens is 4. The fourth-order valence-electron chi connectivity index (χ4n) is 6.58. The predicted molar refractivity (Wildman–Crippen MR) is 254 cm³/mol. The number of nitrogens with zero attached hydrogens (tertiary/aromatic N) is 10. The van der Waals surface area contributed by atoms with Crippen molar-refractivity contribution in [2.24, 2.45) is 11.8 Å². The molecule has 0 aliphatic heterocycles. The van der Waals surface area contributed by atoms with Crippen LogP contribution in [-0.2, 0) is 35.2 Å². The summed E-state index contributed by atoms with van der Waals surface area (Å²) in [5.41, 5.74) is 3.65. The van der Waals surface area contributed by atoms with E-state index in [2.05, 4.69) is 98.6 Å². The molecule has 0 spiro atoms. The van der Waals surface area contributed by atoms with Gasteiger partial charge in [-0.2, -0.15) is 10.2 Å². The van der Waals surface area contributed by atoms with E-state index in [0.29, 0.717) is 45.7 Å². The Labute approximate surface area is 396 Å². The summed E-state index contributed by atoms with van der Waals surface area (Å²) in [4.78, 5) is 13.3. The Hall–Kier alpha value is -4.44. The van der Waals surface area contributed by atoms with Crippen molar-refractivity contribution < 1.29 is 27.5 Å².